The largest absolute Gasteiger partial charge is 0.495 e. The molecule has 0 aliphatic rings. The van der Waals surface area contributed by atoms with E-state index >= 15 is 0 Å². The lowest BCUT2D eigenvalue weighted by Gasteiger charge is -2.12. The number of sulfonamides is 1. The average Bonchev–Trinajstić information content (AvgIpc) is 2.65. The van der Waals surface area contributed by atoms with E-state index in [0.29, 0.717) is 0 Å². The first-order valence-electron chi connectivity index (χ1n) is 7.66. The molecule has 2 amide bonds. The number of non-ortho nitro benzene ring substituents is 1. The van der Waals surface area contributed by atoms with Crippen LogP contribution in [0.1, 0.15) is 17.3 Å². The topological polar surface area (TPSA) is 157 Å². The van der Waals surface area contributed by atoms with E-state index in [4.69, 9.17) is 4.74 Å². The van der Waals surface area contributed by atoms with E-state index in [2.05, 4.69) is 15.6 Å². The Morgan fingerprint density at radius 1 is 1.07 bits per heavy atom. The zero-order valence-corrected chi connectivity index (χ0v) is 15.6. The van der Waals surface area contributed by atoms with Crippen molar-refractivity contribution in [3.63, 3.8) is 0 Å². The summed E-state index contributed by atoms with van der Waals surface area (Å²) in [6.07, 6.45) is 0. The third kappa shape index (κ3) is 4.94. The van der Waals surface area contributed by atoms with Crippen molar-refractivity contribution in [1.82, 2.24) is 10.9 Å². The molecular formula is C16H16N4O7S. The van der Waals surface area contributed by atoms with Gasteiger partial charge in [0.05, 0.1) is 22.6 Å². The maximum atomic E-state index is 12.6. The maximum Gasteiger partial charge on any atom is 0.271 e. The van der Waals surface area contributed by atoms with Crippen molar-refractivity contribution in [2.75, 3.05) is 11.8 Å². The highest BCUT2D eigenvalue weighted by atomic mass is 32.2. The second kappa shape index (κ2) is 8.35. The molecule has 12 heteroatoms. The molecule has 0 spiro atoms. The van der Waals surface area contributed by atoms with Crippen LogP contribution in [0.5, 0.6) is 5.75 Å². The number of anilines is 1. The number of nitrogens with zero attached hydrogens (tertiary/aromatic N) is 1. The molecule has 0 bridgehead atoms. The first-order valence-corrected chi connectivity index (χ1v) is 9.14. The number of hydrazine groups is 1. The Morgan fingerprint density at radius 3 is 2.25 bits per heavy atom. The summed E-state index contributed by atoms with van der Waals surface area (Å²) in [5.74, 6) is -1.00. The van der Waals surface area contributed by atoms with E-state index in [0.717, 1.165) is 6.07 Å². The first kappa shape index (κ1) is 20.6. The molecule has 0 aliphatic heterocycles. The van der Waals surface area contributed by atoms with Gasteiger partial charge in [0.2, 0.25) is 5.91 Å². The van der Waals surface area contributed by atoms with Gasteiger partial charge in [0.1, 0.15) is 5.75 Å². The molecule has 0 aliphatic carbocycles. The van der Waals surface area contributed by atoms with Crippen molar-refractivity contribution >= 4 is 33.2 Å². The number of benzene rings is 2. The standard InChI is InChI=1S/C16H16N4O7S/c1-10(21)17-18-16(22)11-3-6-13(7-4-11)28(25,26)19-14-9-12(20(23)24)5-8-15(14)27-2/h3-9,19H,1-2H3,(H,17,21)(H,18,22). The van der Waals surface area contributed by atoms with Crippen LogP contribution in [0.15, 0.2) is 47.4 Å². The average molecular weight is 408 g/mol. The van der Waals surface area contributed by atoms with Crippen LogP contribution in [0, 0.1) is 10.1 Å². The Morgan fingerprint density at radius 2 is 1.71 bits per heavy atom. The van der Waals surface area contributed by atoms with Crippen molar-refractivity contribution < 1.29 is 27.7 Å². The highest BCUT2D eigenvalue weighted by molar-refractivity contribution is 7.92. The van der Waals surface area contributed by atoms with Gasteiger partial charge in [-0.25, -0.2) is 8.42 Å². The molecule has 0 heterocycles. The van der Waals surface area contributed by atoms with E-state index in [1.165, 1.54) is 50.4 Å². The number of nitro benzene ring substituents is 1. The number of carbonyl (C=O) groups is 2. The zero-order chi connectivity index (χ0) is 20.9. The lowest BCUT2D eigenvalue weighted by molar-refractivity contribution is -0.384. The van der Waals surface area contributed by atoms with Crippen LogP contribution in [0.2, 0.25) is 0 Å². The molecule has 0 saturated carbocycles. The number of hydrogen-bond acceptors (Lipinski definition) is 7. The van der Waals surface area contributed by atoms with Crippen LogP contribution in [0.25, 0.3) is 0 Å². The Kier molecular flexibility index (Phi) is 6.15. The summed E-state index contributed by atoms with van der Waals surface area (Å²) < 4.78 is 32.4. The summed E-state index contributed by atoms with van der Waals surface area (Å²) in [6.45, 7) is 1.21. The minimum atomic E-state index is -4.11. The van der Waals surface area contributed by atoms with Crippen LogP contribution in [-0.4, -0.2) is 32.3 Å². The fraction of sp³-hybridized carbons (Fsp3) is 0.125. The molecule has 2 aromatic carbocycles. The van der Waals surface area contributed by atoms with Gasteiger partial charge in [-0.2, -0.15) is 0 Å². The smallest absolute Gasteiger partial charge is 0.271 e. The summed E-state index contributed by atoms with van der Waals surface area (Å²) in [6, 6.07) is 8.33. The zero-order valence-electron chi connectivity index (χ0n) is 14.8. The molecule has 0 radical (unpaired) electrons. The number of amides is 2. The number of rotatable bonds is 6. The van der Waals surface area contributed by atoms with Gasteiger partial charge in [-0.1, -0.05) is 0 Å². The predicted molar refractivity (Wildman–Crippen MR) is 98.2 cm³/mol. The predicted octanol–water partition coefficient (Wildman–Crippen LogP) is 1.19. The highest BCUT2D eigenvalue weighted by Gasteiger charge is 2.19. The molecular weight excluding hydrogens is 392 g/mol. The van der Waals surface area contributed by atoms with E-state index in [-0.39, 0.29) is 27.6 Å². The SMILES string of the molecule is COc1ccc([N+](=O)[O-])cc1NS(=O)(=O)c1ccc(C(=O)NNC(C)=O)cc1. The fourth-order valence-corrected chi connectivity index (χ4v) is 3.16. The van der Waals surface area contributed by atoms with Crippen molar-refractivity contribution in [3.8, 4) is 5.75 Å². The number of ether oxygens (including phenoxy) is 1. The molecule has 0 unspecified atom stereocenters. The highest BCUT2D eigenvalue weighted by Crippen LogP contribution is 2.30. The summed E-state index contributed by atoms with van der Waals surface area (Å²) in [7, 11) is -2.82. The van der Waals surface area contributed by atoms with Crippen molar-refractivity contribution in [2.24, 2.45) is 0 Å². The molecule has 2 aromatic rings. The summed E-state index contributed by atoms with van der Waals surface area (Å²) >= 11 is 0. The third-order valence-corrected chi connectivity index (χ3v) is 4.80. The Bertz CT molecular complexity index is 1020. The van der Waals surface area contributed by atoms with Gasteiger partial charge in [-0.05, 0) is 30.3 Å². The van der Waals surface area contributed by atoms with Crippen molar-refractivity contribution in [3.05, 3.63) is 58.1 Å². The van der Waals surface area contributed by atoms with Gasteiger partial charge >= 0.3 is 0 Å². The normalized spacial score (nSPS) is 10.6. The molecule has 2 rings (SSSR count). The van der Waals surface area contributed by atoms with Gasteiger partial charge in [0.25, 0.3) is 21.6 Å². The van der Waals surface area contributed by atoms with E-state index in [9.17, 15) is 28.1 Å². The van der Waals surface area contributed by atoms with Crippen LogP contribution in [0.3, 0.4) is 0 Å². The molecule has 11 nitrogen and oxygen atoms in total. The molecule has 148 valence electrons. The lowest BCUT2D eigenvalue weighted by atomic mass is 10.2. The van der Waals surface area contributed by atoms with Crippen LogP contribution in [0.4, 0.5) is 11.4 Å². The minimum absolute atomic E-state index is 0.0977. The first-order chi connectivity index (χ1) is 13.1. The summed E-state index contributed by atoms with van der Waals surface area (Å²) in [5.41, 5.74) is 3.94. The monoisotopic (exact) mass is 408 g/mol. The third-order valence-electron chi connectivity index (χ3n) is 3.42. The number of methoxy groups -OCH3 is 1. The van der Waals surface area contributed by atoms with E-state index < -0.39 is 26.8 Å². The van der Waals surface area contributed by atoms with Crippen LogP contribution in [-0.2, 0) is 14.8 Å². The van der Waals surface area contributed by atoms with Gasteiger partial charge in [0, 0.05) is 24.6 Å². The second-order valence-electron chi connectivity index (χ2n) is 5.41. The number of nitro groups is 1. The maximum absolute atomic E-state index is 12.6. The van der Waals surface area contributed by atoms with Crippen molar-refractivity contribution in [2.45, 2.75) is 11.8 Å². The quantitative estimate of drug-likeness (QED) is 0.478. The van der Waals surface area contributed by atoms with Gasteiger partial charge in [-0.15, -0.1) is 0 Å². The summed E-state index contributed by atoms with van der Waals surface area (Å²) in [5, 5.41) is 10.9. The Labute approximate surface area is 159 Å². The van der Waals surface area contributed by atoms with Crippen molar-refractivity contribution in [1.29, 1.82) is 0 Å². The minimum Gasteiger partial charge on any atom is -0.495 e. The van der Waals surface area contributed by atoms with Crippen LogP contribution >= 0.6 is 0 Å². The summed E-state index contributed by atoms with van der Waals surface area (Å²) in [4.78, 5) is 32.7. The second-order valence-corrected chi connectivity index (χ2v) is 7.09. The van der Waals surface area contributed by atoms with Gasteiger partial charge in [-0.3, -0.25) is 35.3 Å². The molecule has 0 aromatic heterocycles. The van der Waals surface area contributed by atoms with Gasteiger partial charge < -0.3 is 4.74 Å². The van der Waals surface area contributed by atoms with E-state index in [1.807, 2.05) is 0 Å². The molecule has 0 atom stereocenters. The Balaban J connectivity index is 2.26. The number of hydrogen-bond donors (Lipinski definition) is 3. The van der Waals surface area contributed by atoms with Gasteiger partial charge in [0.15, 0.2) is 0 Å². The fourth-order valence-electron chi connectivity index (χ4n) is 2.10. The molecule has 3 N–H and O–H groups in total. The number of nitrogens with one attached hydrogen (secondary N) is 3. The molecule has 0 fully saturated rings. The van der Waals surface area contributed by atoms with Crippen LogP contribution < -0.4 is 20.3 Å². The molecule has 28 heavy (non-hydrogen) atoms. The number of carbonyl (C=O) groups excluding carboxylic acids is 2. The lowest BCUT2D eigenvalue weighted by Crippen LogP contribution is -2.40. The Hall–Kier alpha value is -3.67. The molecule has 0 saturated heterocycles. The van der Waals surface area contributed by atoms with E-state index in [1.54, 1.807) is 0 Å².